The fourth-order valence-electron chi connectivity index (χ4n) is 1.48. The van der Waals surface area contributed by atoms with Crippen LogP contribution in [0.4, 0.5) is 4.39 Å². The third-order valence-electron chi connectivity index (χ3n) is 3.44. The van der Waals surface area contributed by atoms with Crippen molar-refractivity contribution in [3.63, 3.8) is 0 Å². The molecule has 0 saturated heterocycles. The molecule has 0 fully saturated rings. The molecule has 0 heterocycles. The summed E-state index contributed by atoms with van der Waals surface area (Å²) in [6.45, 7) is 13.0. The molecule has 2 heteroatoms. The van der Waals surface area contributed by atoms with Gasteiger partial charge in [0.25, 0.3) is 0 Å². The molecule has 0 bridgehead atoms. The lowest BCUT2D eigenvalue weighted by molar-refractivity contribution is -0.00848. The molecule has 0 radical (unpaired) electrons. The lowest BCUT2D eigenvalue weighted by Gasteiger charge is -2.23. The van der Waals surface area contributed by atoms with E-state index in [9.17, 15) is 4.39 Å². The van der Waals surface area contributed by atoms with E-state index in [1.165, 1.54) is 12.8 Å². The predicted octanol–water partition coefficient (Wildman–Crippen LogP) is 4.46. The second-order valence-electron chi connectivity index (χ2n) is 5.64. The van der Waals surface area contributed by atoms with Crippen molar-refractivity contribution in [3.8, 4) is 0 Å². The zero-order valence-corrected chi connectivity index (χ0v) is 11.8. The summed E-state index contributed by atoms with van der Waals surface area (Å²) in [7, 11) is 0. The summed E-state index contributed by atoms with van der Waals surface area (Å²) >= 11 is 0. The van der Waals surface area contributed by atoms with E-state index in [2.05, 4.69) is 27.7 Å². The summed E-state index contributed by atoms with van der Waals surface area (Å²) in [5.41, 5.74) is 0. The zero-order valence-electron chi connectivity index (χ0n) is 11.8. The molecule has 0 aromatic heterocycles. The highest BCUT2D eigenvalue weighted by atomic mass is 19.1. The van der Waals surface area contributed by atoms with Crippen molar-refractivity contribution in [3.05, 3.63) is 0 Å². The molecular weight excluding hydrogens is 203 g/mol. The highest BCUT2D eigenvalue weighted by Crippen LogP contribution is 2.20. The Morgan fingerprint density at radius 2 is 1.44 bits per heavy atom. The number of hydrogen-bond donors (Lipinski definition) is 0. The maximum Gasteiger partial charge on any atom is 0.123 e. The van der Waals surface area contributed by atoms with Gasteiger partial charge in [-0.3, -0.25) is 0 Å². The minimum Gasteiger partial charge on any atom is -0.375 e. The Labute approximate surface area is 101 Å². The molecule has 0 aromatic rings. The molecule has 0 aliphatic heterocycles. The standard InChI is InChI=1S/C14H29FO/c1-10(2)7-8-11(3)12(4)9-16-14(6)13(5)15/h10-14H,7-9H2,1-6H3. The zero-order chi connectivity index (χ0) is 12.7. The molecule has 4 unspecified atom stereocenters. The van der Waals surface area contributed by atoms with Gasteiger partial charge >= 0.3 is 0 Å². The maximum atomic E-state index is 12.9. The summed E-state index contributed by atoms with van der Waals surface area (Å²) in [5.74, 6) is 1.94. The Bertz CT molecular complexity index is 168. The van der Waals surface area contributed by atoms with Crippen LogP contribution in [0.25, 0.3) is 0 Å². The van der Waals surface area contributed by atoms with Gasteiger partial charge in [-0.05, 0) is 31.6 Å². The van der Waals surface area contributed by atoms with Crippen LogP contribution in [0.5, 0.6) is 0 Å². The molecule has 0 aliphatic rings. The van der Waals surface area contributed by atoms with Crippen molar-refractivity contribution in [2.75, 3.05) is 6.61 Å². The largest absolute Gasteiger partial charge is 0.375 e. The van der Waals surface area contributed by atoms with E-state index < -0.39 is 6.17 Å². The minimum atomic E-state index is -0.877. The highest BCUT2D eigenvalue weighted by molar-refractivity contribution is 4.65. The topological polar surface area (TPSA) is 9.23 Å². The summed E-state index contributed by atoms with van der Waals surface area (Å²) in [4.78, 5) is 0. The molecule has 98 valence electrons. The summed E-state index contributed by atoms with van der Waals surface area (Å²) in [5, 5.41) is 0. The molecule has 0 spiro atoms. The van der Waals surface area contributed by atoms with Crippen molar-refractivity contribution in [2.24, 2.45) is 17.8 Å². The van der Waals surface area contributed by atoms with Crippen LogP contribution in [-0.2, 0) is 4.74 Å². The predicted molar refractivity (Wildman–Crippen MR) is 68.4 cm³/mol. The number of alkyl halides is 1. The van der Waals surface area contributed by atoms with E-state index in [4.69, 9.17) is 4.74 Å². The van der Waals surface area contributed by atoms with Crippen molar-refractivity contribution in [1.82, 2.24) is 0 Å². The van der Waals surface area contributed by atoms with Crippen LogP contribution in [0.3, 0.4) is 0 Å². The van der Waals surface area contributed by atoms with Gasteiger partial charge in [-0.25, -0.2) is 4.39 Å². The first kappa shape index (κ1) is 15.9. The van der Waals surface area contributed by atoms with Gasteiger partial charge in [0.05, 0.1) is 6.10 Å². The van der Waals surface area contributed by atoms with Gasteiger partial charge in [0.2, 0.25) is 0 Å². The van der Waals surface area contributed by atoms with E-state index in [0.717, 1.165) is 5.92 Å². The minimum absolute atomic E-state index is 0.278. The molecule has 0 N–H and O–H groups in total. The van der Waals surface area contributed by atoms with Gasteiger partial charge in [0.15, 0.2) is 0 Å². The lowest BCUT2D eigenvalue weighted by Crippen LogP contribution is -2.24. The van der Waals surface area contributed by atoms with Gasteiger partial charge in [0, 0.05) is 6.61 Å². The van der Waals surface area contributed by atoms with Crippen LogP contribution >= 0.6 is 0 Å². The first-order valence-electron chi connectivity index (χ1n) is 6.60. The van der Waals surface area contributed by atoms with Crippen LogP contribution in [-0.4, -0.2) is 18.9 Å². The fourth-order valence-corrected chi connectivity index (χ4v) is 1.48. The van der Waals surface area contributed by atoms with E-state index in [1.54, 1.807) is 13.8 Å². The highest BCUT2D eigenvalue weighted by Gasteiger charge is 2.16. The summed E-state index contributed by atoms with van der Waals surface area (Å²) < 4.78 is 18.4. The van der Waals surface area contributed by atoms with Crippen LogP contribution in [0.2, 0.25) is 0 Å². The Balaban J connectivity index is 3.74. The summed E-state index contributed by atoms with van der Waals surface area (Å²) in [6, 6.07) is 0. The molecule has 4 atom stereocenters. The van der Waals surface area contributed by atoms with Gasteiger partial charge in [-0.2, -0.15) is 0 Å². The number of rotatable bonds is 8. The Morgan fingerprint density at radius 3 is 1.88 bits per heavy atom. The van der Waals surface area contributed by atoms with E-state index in [-0.39, 0.29) is 6.10 Å². The van der Waals surface area contributed by atoms with Crippen molar-refractivity contribution in [2.45, 2.75) is 66.7 Å². The molecule has 0 rings (SSSR count). The van der Waals surface area contributed by atoms with Crippen LogP contribution in [0.1, 0.15) is 54.4 Å². The van der Waals surface area contributed by atoms with Gasteiger partial charge < -0.3 is 4.74 Å². The third kappa shape index (κ3) is 7.21. The Hall–Kier alpha value is -0.110. The molecule has 0 amide bonds. The van der Waals surface area contributed by atoms with Crippen molar-refractivity contribution in [1.29, 1.82) is 0 Å². The van der Waals surface area contributed by atoms with E-state index in [1.807, 2.05) is 0 Å². The third-order valence-corrected chi connectivity index (χ3v) is 3.44. The van der Waals surface area contributed by atoms with Gasteiger partial charge in [-0.15, -0.1) is 0 Å². The number of ether oxygens (including phenoxy) is 1. The van der Waals surface area contributed by atoms with Gasteiger partial charge in [-0.1, -0.05) is 40.5 Å². The van der Waals surface area contributed by atoms with Crippen molar-refractivity contribution < 1.29 is 9.13 Å². The molecular formula is C14H29FO. The summed E-state index contributed by atoms with van der Waals surface area (Å²) in [6.07, 6.45) is 1.35. The van der Waals surface area contributed by atoms with Crippen molar-refractivity contribution >= 4 is 0 Å². The van der Waals surface area contributed by atoms with Crippen LogP contribution in [0, 0.1) is 17.8 Å². The fraction of sp³-hybridized carbons (Fsp3) is 1.00. The quantitative estimate of drug-likeness (QED) is 0.600. The lowest BCUT2D eigenvalue weighted by atomic mass is 9.90. The average Bonchev–Trinajstić information content (AvgIpc) is 2.21. The smallest absolute Gasteiger partial charge is 0.123 e. The molecule has 1 nitrogen and oxygen atoms in total. The Morgan fingerprint density at radius 1 is 0.875 bits per heavy atom. The maximum absolute atomic E-state index is 12.9. The van der Waals surface area contributed by atoms with Gasteiger partial charge in [0.1, 0.15) is 6.17 Å². The van der Waals surface area contributed by atoms with E-state index in [0.29, 0.717) is 18.4 Å². The molecule has 0 aliphatic carbocycles. The SMILES string of the molecule is CC(C)CCC(C)C(C)COC(C)C(C)F. The average molecular weight is 232 g/mol. The van der Waals surface area contributed by atoms with Crippen LogP contribution < -0.4 is 0 Å². The first-order valence-corrected chi connectivity index (χ1v) is 6.60. The first-order chi connectivity index (χ1) is 7.34. The molecule has 0 saturated carbocycles. The van der Waals surface area contributed by atoms with Crippen LogP contribution in [0.15, 0.2) is 0 Å². The monoisotopic (exact) mass is 232 g/mol. The normalized spacial score (nSPS) is 19.5. The van der Waals surface area contributed by atoms with E-state index >= 15 is 0 Å². The number of halogens is 1. The molecule has 16 heavy (non-hydrogen) atoms. The number of hydrogen-bond acceptors (Lipinski definition) is 1. The molecule has 0 aromatic carbocycles. The second-order valence-corrected chi connectivity index (χ2v) is 5.64. The second kappa shape index (κ2) is 8.05. The Kier molecular flexibility index (Phi) is 8.00.